The molecule has 3 aliphatic rings. The molecule has 2 bridgehead atoms. The van der Waals surface area contributed by atoms with E-state index >= 15 is 8.78 Å². The van der Waals surface area contributed by atoms with E-state index in [-0.39, 0.29) is 39.8 Å². The van der Waals surface area contributed by atoms with E-state index in [4.69, 9.17) is 11.2 Å². The van der Waals surface area contributed by atoms with E-state index in [1.165, 1.54) is 25.3 Å². The summed E-state index contributed by atoms with van der Waals surface area (Å²) in [6.07, 6.45) is 7.71. The van der Waals surface area contributed by atoms with Gasteiger partial charge in [0.15, 0.2) is 5.82 Å². The molecule has 2 N–H and O–H groups in total. The third-order valence-corrected chi connectivity index (χ3v) is 7.03. The largest absolute Gasteiger partial charge is 0.508 e. The van der Waals surface area contributed by atoms with E-state index in [1.807, 2.05) is 0 Å². The molecule has 0 spiro atoms. The lowest BCUT2D eigenvalue weighted by Crippen LogP contribution is -2.61. The van der Waals surface area contributed by atoms with Crippen molar-refractivity contribution in [2.45, 2.75) is 24.9 Å². The number of piperazine rings is 1. The molecule has 6 nitrogen and oxygen atoms in total. The predicted molar refractivity (Wildman–Crippen MR) is 131 cm³/mol. The number of benzene rings is 3. The lowest BCUT2D eigenvalue weighted by Gasteiger charge is -2.46. The Morgan fingerprint density at radius 3 is 2.74 bits per heavy atom. The van der Waals surface area contributed by atoms with E-state index < -0.39 is 11.6 Å². The number of piperidine rings is 2. The maximum Gasteiger partial charge on any atom is 0.318 e. The summed E-state index contributed by atoms with van der Waals surface area (Å²) in [6, 6.07) is 9.74. The number of ether oxygens (including phenoxy) is 1. The standard InChI is InChI=1S/C27H22F2N4O2/c1-3-14-5-4-6-15-9-18(34)10-19(22(14)15)23-21(28)11-20-25(24(23)29)31-27(35-2)32-26(20)33-13-16-7-8-17(33)12-30-16/h1,4-6,9-11,16-17,30,34H,7-8,12-13H2,2H3. The van der Waals surface area contributed by atoms with Gasteiger partial charge in [0.25, 0.3) is 0 Å². The highest BCUT2D eigenvalue weighted by atomic mass is 19.1. The second-order valence-corrected chi connectivity index (χ2v) is 9.01. The number of hydrogen-bond acceptors (Lipinski definition) is 6. The number of halogens is 2. The van der Waals surface area contributed by atoms with Crippen molar-refractivity contribution in [1.82, 2.24) is 15.3 Å². The number of methoxy groups -OCH3 is 1. The molecule has 4 aromatic rings. The van der Waals surface area contributed by atoms with Crippen molar-refractivity contribution in [3.8, 4) is 35.2 Å². The van der Waals surface area contributed by atoms with Crippen LogP contribution in [-0.2, 0) is 0 Å². The summed E-state index contributed by atoms with van der Waals surface area (Å²) in [5.74, 6) is 1.26. The molecule has 35 heavy (non-hydrogen) atoms. The molecule has 1 aromatic heterocycles. The van der Waals surface area contributed by atoms with Crippen LogP contribution in [0.15, 0.2) is 36.4 Å². The van der Waals surface area contributed by atoms with Crippen LogP contribution in [0.3, 0.4) is 0 Å². The summed E-state index contributed by atoms with van der Waals surface area (Å²) in [6.45, 7) is 1.47. The Bertz CT molecular complexity index is 1540. The average Bonchev–Trinajstić information content (AvgIpc) is 2.88. The molecule has 8 heteroatoms. The van der Waals surface area contributed by atoms with Crippen molar-refractivity contribution in [2.75, 3.05) is 25.1 Å². The Labute approximate surface area is 200 Å². The van der Waals surface area contributed by atoms with Crippen LogP contribution < -0.4 is 15.0 Å². The maximum absolute atomic E-state index is 16.2. The fourth-order valence-electron chi connectivity index (χ4n) is 5.41. The number of fused-ring (bicyclic) bond motifs is 5. The molecule has 176 valence electrons. The van der Waals surface area contributed by atoms with Gasteiger partial charge in [0.1, 0.15) is 22.9 Å². The summed E-state index contributed by atoms with van der Waals surface area (Å²) in [7, 11) is 1.42. The minimum Gasteiger partial charge on any atom is -0.508 e. The number of anilines is 1. The first kappa shape index (κ1) is 21.6. The van der Waals surface area contributed by atoms with Gasteiger partial charge in [-0.3, -0.25) is 0 Å². The zero-order valence-corrected chi connectivity index (χ0v) is 19.0. The first-order valence-electron chi connectivity index (χ1n) is 11.4. The van der Waals surface area contributed by atoms with Crippen LogP contribution in [0.25, 0.3) is 32.8 Å². The second kappa shape index (κ2) is 8.07. The van der Waals surface area contributed by atoms with Gasteiger partial charge in [-0.2, -0.15) is 9.97 Å². The number of aromatic nitrogens is 2. The lowest BCUT2D eigenvalue weighted by molar-refractivity contribution is 0.288. The first-order chi connectivity index (χ1) is 17.0. The van der Waals surface area contributed by atoms with E-state index in [2.05, 4.69) is 26.1 Å². The SMILES string of the molecule is C#Cc1cccc2cc(O)cc(-c3c(F)cc4c(N5CC6CCC5CN6)nc(OC)nc4c3F)c12. The number of nitrogens with zero attached hydrogens (tertiary/aromatic N) is 3. The van der Waals surface area contributed by atoms with Crippen LogP contribution in [0.2, 0.25) is 0 Å². The summed E-state index contributed by atoms with van der Waals surface area (Å²) >= 11 is 0. The number of terminal acetylenes is 1. The molecule has 4 heterocycles. The summed E-state index contributed by atoms with van der Waals surface area (Å²) in [5.41, 5.74) is 0.266. The van der Waals surface area contributed by atoms with Crippen molar-refractivity contribution >= 4 is 27.5 Å². The molecule has 3 saturated heterocycles. The van der Waals surface area contributed by atoms with E-state index in [1.54, 1.807) is 18.2 Å². The fourth-order valence-corrected chi connectivity index (χ4v) is 5.41. The number of nitrogens with one attached hydrogen (secondary N) is 1. The van der Waals surface area contributed by atoms with Gasteiger partial charge in [0.2, 0.25) is 0 Å². The molecule has 3 fully saturated rings. The average molecular weight is 472 g/mol. The van der Waals surface area contributed by atoms with Gasteiger partial charge in [-0.1, -0.05) is 18.1 Å². The Hall–Kier alpha value is -3.96. The lowest BCUT2D eigenvalue weighted by atomic mass is 9.91. The number of aromatic hydroxyl groups is 1. The topological polar surface area (TPSA) is 70.5 Å². The van der Waals surface area contributed by atoms with Crippen molar-refractivity contribution in [2.24, 2.45) is 0 Å². The Balaban J connectivity index is 1.64. The van der Waals surface area contributed by atoms with Crippen LogP contribution in [0.1, 0.15) is 18.4 Å². The highest BCUT2D eigenvalue weighted by Gasteiger charge is 2.36. The van der Waals surface area contributed by atoms with Crippen molar-refractivity contribution < 1.29 is 18.6 Å². The van der Waals surface area contributed by atoms with Crippen LogP contribution in [-0.4, -0.2) is 47.4 Å². The highest BCUT2D eigenvalue weighted by molar-refractivity contribution is 6.04. The third kappa shape index (κ3) is 3.34. The predicted octanol–water partition coefficient (Wildman–Crippen LogP) is 4.36. The van der Waals surface area contributed by atoms with Gasteiger partial charge in [-0.05, 0) is 42.5 Å². The van der Waals surface area contributed by atoms with Gasteiger partial charge < -0.3 is 20.1 Å². The second-order valence-electron chi connectivity index (χ2n) is 9.01. The fraction of sp³-hybridized carbons (Fsp3) is 0.259. The smallest absolute Gasteiger partial charge is 0.318 e. The van der Waals surface area contributed by atoms with Gasteiger partial charge in [0, 0.05) is 47.1 Å². The normalized spacial score (nSPS) is 19.3. The summed E-state index contributed by atoms with van der Waals surface area (Å²) in [5, 5.41) is 15.1. The molecule has 2 unspecified atom stereocenters. The number of hydrogen-bond donors (Lipinski definition) is 2. The van der Waals surface area contributed by atoms with Crippen LogP contribution in [0.5, 0.6) is 11.8 Å². The molecular weight excluding hydrogens is 450 g/mol. The molecule has 0 aliphatic carbocycles. The first-order valence-corrected chi connectivity index (χ1v) is 11.4. The molecule has 0 radical (unpaired) electrons. The molecule has 3 aliphatic heterocycles. The van der Waals surface area contributed by atoms with E-state index in [9.17, 15) is 5.11 Å². The van der Waals surface area contributed by atoms with E-state index in [0.717, 1.165) is 19.4 Å². The molecule has 0 amide bonds. The van der Waals surface area contributed by atoms with Gasteiger partial charge in [0.05, 0.1) is 12.7 Å². The molecule has 0 saturated carbocycles. The van der Waals surface area contributed by atoms with Crippen molar-refractivity contribution in [3.05, 3.63) is 53.6 Å². The van der Waals surface area contributed by atoms with Gasteiger partial charge >= 0.3 is 6.01 Å². The number of phenols is 1. The molecular formula is C27H22F2N4O2. The Morgan fingerprint density at radius 2 is 2.06 bits per heavy atom. The summed E-state index contributed by atoms with van der Waals surface area (Å²) < 4.78 is 37.3. The van der Waals surface area contributed by atoms with Gasteiger partial charge in [-0.25, -0.2) is 8.78 Å². The van der Waals surface area contributed by atoms with Crippen LogP contribution in [0.4, 0.5) is 14.6 Å². The van der Waals surface area contributed by atoms with Crippen LogP contribution in [0, 0.1) is 24.0 Å². The van der Waals surface area contributed by atoms with E-state index in [0.29, 0.717) is 34.7 Å². The Kier molecular flexibility index (Phi) is 4.97. The highest BCUT2D eigenvalue weighted by Crippen LogP contribution is 2.41. The number of phenolic OH excluding ortho intramolecular Hbond substituents is 1. The summed E-state index contributed by atoms with van der Waals surface area (Å²) in [4.78, 5) is 10.9. The monoisotopic (exact) mass is 472 g/mol. The quantitative estimate of drug-likeness (QED) is 0.432. The molecule has 7 rings (SSSR count). The Morgan fingerprint density at radius 1 is 1.20 bits per heavy atom. The van der Waals surface area contributed by atoms with Crippen molar-refractivity contribution in [1.29, 1.82) is 0 Å². The van der Waals surface area contributed by atoms with Crippen molar-refractivity contribution in [3.63, 3.8) is 0 Å². The molecule has 2 atom stereocenters. The zero-order chi connectivity index (χ0) is 24.3. The number of rotatable bonds is 3. The van der Waals surface area contributed by atoms with Gasteiger partial charge in [-0.15, -0.1) is 6.42 Å². The third-order valence-electron chi connectivity index (χ3n) is 7.03. The minimum absolute atomic E-state index is 0.00319. The minimum atomic E-state index is -0.860. The van der Waals surface area contributed by atoms with Crippen LogP contribution >= 0.6 is 0 Å². The zero-order valence-electron chi connectivity index (χ0n) is 19.0. The maximum atomic E-state index is 16.2. The molecule has 3 aromatic carbocycles.